The van der Waals surface area contributed by atoms with Gasteiger partial charge in [0.2, 0.25) is 5.95 Å². The van der Waals surface area contributed by atoms with Crippen LogP contribution in [-0.2, 0) is 0 Å². The summed E-state index contributed by atoms with van der Waals surface area (Å²) in [6.07, 6.45) is 1.67. The third-order valence-electron chi connectivity index (χ3n) is 4.69. The van der Waals surface area contributed by atoms with E-state index in [9.17, 15) is 4.39 Å². The van der Waals surface area contributed by atoms with Gasteiger partial charge in [0, 0.05) is 37.6 Å². The lowest BCUT2D eigenvalue weighted by molar-refractivity contribution is 0.415. The number of nitrogens with one attached hydrogen (secondary N) is 1. The van der Waals surface area contributed by atoms with Gasteiger partial charge in [-0.3, -0.25) is 0 Å². The Morgan fingerprint density at radius 2 is 1.61 bits per heavy atom. The van der Waals surface area contributed by atoms with Crippen molar-refractivity contribution < 1.29 is 9.13 Å². The molecule has 0 amide bonds. The molecule has 8 heteroatoms. The van der Waals surface area contributed by atoms with Gasteiger partial charge in [0.1, 0.15) is 11.6 Å². The van der Waals surface area contributed by atoms with E-state index < -0.39 is 0 Å². The molecule has 0 spiro atoms. The molecule has 0 atom stereocenters. The summed E-state index contributed by atoms with van der Waals surface area (Å²) in [5.41, 5.74) is 1.89. The smallest absolute Gasteiger partial charge is 0.249 e. The van der Waals surface area contributed by atoms with E-state index in [0.29, 0.717) is 5.95 Å². The van der Waals surface area contributed by atoms with Gasteiger partial charge >= 0.3 is 0 Å². The average Bonchev–Trinajstić information content (AvgIpc) is 2.75. The number of anilines is 4. The number of aromatic nitrogens is 3. The van der Waals surface area contributed by atoms with Crippen LogP contribution in [-0.4, -0.2) is 48.5 Å². The second-order valence-corrected chi connectivity index (χ2v) is 6.44. The largest absolute Gasteiger partial charge is 0.497 e. The van der Waals surface area contributed by atoms with Gasteiger partial charge in [-0.1, -0.05) is 0 Å². The van der Waals surface area contributed by atoms with Crippen molar-refractivity contribution in [1.29, 1.82) is 0 Å². The van der Waals surface area contributed by atoms with Crippen LogP contribution in [0.1, 0.15) is 0 Å². The molecule has 0 unspecified atom stereocenters. The molecule has 1 aliphatic rings. The van der Waals surface area contributed by atoms with Crippen molar-refractivity contribution in [2.24, 2.45) is 0 Å². The quantitative estimate of drug-likeness (QED) is 0.730. The van der Waals surface area contributed by atoms with Gasteiger partial charge in [-0.05, 0) is 48.5 Å². The highest BCUT2D eigenvalue weighted by atomic mass is 19.1. The van der Waals surface area contributed by atoms with Gasteiger partial charge in [0.05, 0.1) is 13.3 Å². The Morgan fingerprint density at radius 3 is 2.29 bits per heavy atom. The first-order chi connectivity index (χ1) is 13.7. The van der Waals surface area contributed by atoms with E-state index in [2.05, 4.69) is 30.3 Å². The van der Waals surface area contributed by atoms with Crippen molar-refractivity contribution in [3.63, 3.8) is 0 Å². The molecule has 0 aliphatic carbocycles. The SMILES string of the molecule is COc1ccc(Nc2nncc(N3CCN(c4ccc(F)cc4)CC3)n2)cc1. The monoisotopic (exact) mass is 380 g/mol. The molecule has 7 nitrogen and oxygen atoms in total. The molecule has 4 rings (SSSR count). The zero-order valence-electron chi connectivity index (χ0n) is 15.5. The molecule has 144 valence electrons. The molecule has 0 saturated carbocycles. The summed E-state index contributed by atoms with van der Waals surface area (Å²) >= 11 is 0. The van der Waals surface area contributed by atoms with E-state index in [1.807, 2.05) is 36.4 Å². The average molecular weight is 380 g/mol. The molecule has 2 heterocycles. The molecular weight excluding hydrogens is 359 g/mol. The summed E-state index contributed by atoms with van der Waals surface area (Å²) < 4.78 is 18.3. The van der Waals surface area contributed by atoms with Crippen LogP contribution in [0.2, 0.25) is 0 Å². The number of methoxy groups -OCH3 is 1. The lowest BCUT2D eigenvalue weighted by atomic mass is 10.2. The van der Waals surface area contributed by atoms with Gasteiger partial charge in [0.25, 0.3) is 0 Å². The maximum Gasteiger partial charge on any atom is 0.249 e. The van der Waals surface area contributed by atoms with Gasteiger partial charge < -0.3 is 19.9 Å². The van der Waals surface area contributed by atoms with Crippen LogP contribution in [0.4, 0.5) is 27.5 Å². The molecule has 0 radical (unpaired) electrons. The van der Waals surface area contributed by atoms with Gasteiger partial charge in [-0.2, -0.15) is 10.1 Å². The van der Waals surface area contributed by atoms with Crippen LogP contribution >= 0.6 is 0 Å². The number of hydrogen-bond donors (Lipinski definition) is 1. The Balaban J connectivity index is 1.40. The number of hydrogen-bond acceptors (Lipinski definition) is 7. The molecule has 1 saturated heterocycles. The van der Waals surface area contributed by atoms with Gasteiger partial charge in [-0.15, -0.1) is 5.10 Å². The van der Waals surface area contributed by atoms with E-state index in [0.717, 1.165) is 49.1 Å². The number of halogens is 1. The van der Waals surface area contributed by atoms with Crippen LogP contribution < -0.4 is 19.9 Å². The Bertz CT molecular complexity index is 911. The van der Waals surface area contributed by atoms with Crippen LogP contribution in [0.15, 0.2) is 54.7 Å². The summed E-state index contributed by atoms with van der Waals surface area (Å²) in [6.45, 7) is 3.27. The lowest BCUT2D eigenvalue weighted by Crippen LogP contribution is -2.46. The van der Waals surface area contributed by atoms with Crippen molar-refractivity contribution in [3.8, 4) is 5.75 Å². The number of benzene rings is 2. The Kier molecular flexibility index (Phi) is 5.18. The van der Waals surface area contributed by atoms with E-state index in [1.165, 1.54) is 12.1 Å². The van der Waals surface area contributed by atoms with Crippen molar-refractivity contribution in [2.75, 3.05) is 48.4 Å². The summed E-state index contributed by atoms with van der Waals surface area (Å²) in [5.74, 6) is 1.80. The fourth-order valence-electron chi connectivity index (χ4n) is 3.15. The Labute approximate surface area is 162 Å². The summed E-state index contributed by atoms with van der Waals surface area (Å²) in [7, 11) is 1.63. The van der Waals surface area contributed by atoms with Crippen LogP contribution in [0.5, 0.6) is 5.75 Å². The standard InChI is InChI=1S/C20H21FN6O/c1-28-18-8-4-16(5-9-18)23-20-24-19(14-22-25-20)27-12-10-26(11-13-27)17-6-2-15(21)3-7-17/h2-9,14H,10-13H2,1H3,(H,23,24,25). The minimum Gasteiger partial charge on any atom is -0.497 e. The molecular formula is C20H21FN6O. The molecule has 28 heavy (non-hydrogen) atoms. The van der Waals surface area contributed by atoms with E-state index in [-0.39, 0.29) is 5.82 Å². The highest BCUT2D eigenvalue weighted by Gasteiger charge is 2.19. The molecule has 1 aliphatic heterocycles. The van der Waals surface area contributed by atoms with Crippen LogP contribution in [0, 0.1) is 5.82 Å². The Hall–Kier alpha value is -3.42. The first-order valence-corrected chi connectivity index (χ1v) is 9.07. The first-order valence-electron chi connectivity index (χ1n) is 9.07. The van der Waals surface area contributed by atoms with E-state index in [1.54, 1.807) is 13.3 Å². The fourth-order valence-corrected chi connectivity index (χ4v) is 3.15. The number of ether oxygens (including phenoxy) is 1. The molecule has 3 aromatic rings. The number of piperazine rings is 1. The minimum absolute atomic E-state index is 0.216. The van der Waals surface area contributed by atoms with Crippen molar-refractivity contribution in [3.05, 3.63) is 60.5 Å². The second kappa shape index (κ2) is 8.08. The molecule has 0 bridgehead atoms. The molecule has 2 aromatic carbocycles. The molecule has 1 aromatic heterocycles. The molecule has 1 N–H and O–H groups in total. The topological polar surface area (TPSA) is 66.4 Å². The highest BCUT2D eigenvalue weighted by Crippen LogP contribution is 2.21. The minimum atomic E-state index is -0.216. The molecule has 1 fully saturated rings. The number of nitrogens with zero attached hydrogens (tertiary/aromatic N) is 5. The third kappa shape index (κ3) is 4.11. The zero-order chi connectivity index (χ0) is 19.3. The van der Waals surface area contributed by atoms with Crippen LogP contribution in [0.25, 0.3) is 0 Å². The maximum atomic E-state index is 13.1. The Morgan fingerprint density at radius 1 is 0.929 bits per heavy atom. The third-order valence-corrected chi connectivity index (χ3v) is 4.69. The van der Waals surface area contributed by atoms with Crippen molar-refractivity contribution in [2.45, 2.75) is 0 Å². The maximum absolute atomic E-state index is 13.1. The predicted octanol–water partition coefficient (Wildman–Crippen LogP) is 3.09. The normalized spacial score (nSPS) is 14.1. The second-order valence-electron chi connectivity index (χ2n) is 6.44. The summed E-state index contributed by atoms with van der Waals surface area (Å²) in [5, 5.41) is 11.3. The van der Waals surface area contributed by atoms with Gasteiger partial charge in [0.15, 0.2) is 5.82 Å². The summed E-state index contributed by atoms with van der Waals surface area (Å²) in [4.78, 5) is 9.00. The zero-order valence-corrected chi connectivity index (χ0v) is 15.5. The van der Waals surface area contributed by atoms with Crippen molar-refractivity contribution in [1.82, 2.24) is 15.2 Å². The van der Waals surface area contributed by atoms with E-state index in [4.69, 9.17) is 4.74 Å². The first kappa shape index (κ1) is 18.0. The van der Waals surface area contributed by atoms with E-state index >= 15 is 0 Å². The fraction of sp³-hybridized carbons (Fsp3) is 0.250. The predicted molar refractivity (Wildman–Crippen MR) is 107 cm³/mol. The van der Waals surface area contributed by atoms with Gasteiger partial charge in [-0.25, -0.2) is 4.39 Å². The van der Waals surface area contributed by atoms with Crippen molar-refractivity contribution >= 4 is 23.1 Å². The van der Waals surface area contributed by atoms with Crippen LogP contribution in [0.3, 0.4) is 0 Å². The number of rotatable bonds is 5. The highest BCUT2D eigenvalue weighted by molar-refractivity contribution is 5.56. The lowest BCUT2D eigenvalue weighted by Gasteiger charge is -2.36. The summed E-state index contributed by atoms with van der Waals surface area (Å²) in [6, 6.07) is 14.2.